The molecule has 1 aliphatic carbocycles. The van der Waals surface area contributed by atoms with Crippen molar-refractivity contribution in [1.29, 1.82) is 0 Å². The van der Waals surface area contributed by atoms with Crippen LogP contribution >= 0.6 is 0 Å². The molecule has 0 amide bonds. The summed E-state index contributed by atoms with van der Waals surface area (Å²) in [5.41, 5.74) is 1.34. The molecule has 2 aliphatic heterocycles. The zero-order valence-electron chi connectivity index (χ0n) is 19.1. The summed E-state index contributed by atoms with van der Waals surface area (Å²) in [6, 6.07) is 12.8. The summed E-state index contributed by atoms with van der Waals surface area (Å²) in [7, 11) is 0. The van der Waals surface area contributed by atoms with Gasteiger partial charge >= 0.3 is 6.36 Å². The fourth-order valence-corrected chi connectivity index (χ4v) is 5.56. The van der Waals surface area contributed by atoms with Gasteiger partial charge in [0.2, 0.25) is 0 Å². The summed E-state index contributed by atoms with van der Waals surface area (Å²) in [6.07, 6.45) is 3.04. The molecule has 1 aromatic carbocycles. The SMILES string of the molecule is FC(F)(F)Oc1ccccc1-c1noc(C2CC2)c1COC1CC2CCC(C1)N2c1ccccn1. The lowest BCUT2D eigenvalue weighted by molar-refractivity contribution is -0.274. The van der Waals surface area contributed by atoms with E-state index in [1.165, 1.54) is 12.1 Å². The normalized spacial score (nSPS) is 24.1. The van der Waals surface area contributed by atoms with Crippen LogP contribution in [0.4, 0.5) is 19.0 Å². The number of anilines is 1. The number of benzene rings is 1. The molecule has 3 aliphatic rings. The second kappa shape index (κ2) is 8.86. The van der Waals surface area contributed by atoms with Crippen molar-refractivity contribution in [2.75, 3.05) is 4.90 Å². The molecule has 2 atom stereocenters. The number of hydrogen-bond acceptors (Lipinski definition) is 6. The predicted octanol–water partition coefficient (Wildman–Crippen LogP) is 6.23. The van der Waals surface area contributed by atoms with Gasteiger partial charge in [0.25, 0.3) is 0 Å². The van der Waals surface area contributed by atoms with Gasteiger partial charge in [0.15, 0.2) is 0 Å². The van der Waals surface area contributed by atoms with Crippen LogP contribution in [0.5, 0.6) is 5.75 Å². The smallest absolute Gasteiger partial charge is 0.405 e. The molecule has 2 aromatic heterocycles. The lowest BCUT2D eigenvalue weighted by atomic mass is 9.99. The van der Waals surface area contributed by atoms with E-state index in [9.17, 15) is 13.2 Å². The van der Waals surface area contributed by atoms with Crippen LogP contribution in [0.3, 0.4) is 0 Å². The van der Waals surface area contributed by atoms with Crippen molar-refractivity contribution in [3.8, 4) is 17.0 Å². The van der Waals surface area contributed by atoms with Crippen molar-refractivity contribution < 1.29 is 27.2 Å². The van der Waals surface area contributed by atoms with Crippen molar-refractivity contribution in [3.05, 3.63) is 60.0 Å². The zero-order chi connectivity index (χ0) is 24.0. The first kappa shape index (κ1) is 22.4. The van der Waals surface area contributed by atoms with E-state index in [2.05, 4.69) is 25.8 Å². The highest BCUT2D eigenvalue weighted by molar-refractivity contribution is 5.70. The molecule has 2 saturated heterocycles. The Morgan fingerprint density at radius 3 is 2.40 bits per heavy atom. The van der Waals surface area contributed by atoms with E-state index in [4.69, 9.17) is 9.26 Å². The number of piperidine rings is 1. The Kier molecular flexibility index (Phi) is 5.67. The monoisotopic (exact) mass is 485 g/mol. The van der Waals surface area contributed by atoms with Crippen LogP contribution in [-0.4, -0.2) is 34.7 Å². The molecular formula is C26H26F3N3O3. The number of hydrogen-bond donors (Lipinski definition) is 0. The number of pyridine rings is 1. The molecule has 184 valence electrons. The number of fused-ring (bicyclic) bond motifs is 2. The Bertz CT molecular complexity index is 1170. The van der Waals surface area contributed by atoms with Crippen LogP contribution in [0.25, 0.3) is 11.3 Å². The van der Waals surface area contributed by atoms with E-state index < -0.39 is 6.36 Å². The van der Waals surface area contributed by atoms with E-state index in [1.807, 2.05) is 18.3 Å². The maximum absolute atomic E-state index is 13.0. The molecule has 1 saturated carbocycles. The van der Waals surface area contributed by atoms with Gasteiger partial charge in [-0.1, -0.05) is 23.4 Å². The number of aromatic nitrogens is 2. The Balaban J connectivity index is 1.22. The number of halogens is 3. The minimum absolute atomic E-state index is 0.0592. The van der Waals surface area contributed by atoms with Crippen molar-refractivity contribution in [1.82, 2.24) is 10.1 Å². The first-order valence-electron chi connectivity index (χ1n) is 12.1. The highest BCUT2D eigenvalue weighted by atomic mass is 19.4. The minimum atomic E-state index is -4.79. The number of para-hydroxylation sites is 1. The third kappa shape index (κ3) is 4.61. The Labute approximate surface area is 201 Å². The molecule has 4 heterocycles. The van der Waals surface area contributed by atoms with Crippen molar-refractivity contribution in [2.45, 2.75) is 75.6 Å². The molecule has 6 rings (SSSR count). The summed E-state index contributed by atoms with van der Waals surface area (Å²) < 4.78 is 55.3. The molecule has 3 fully saturated rings. The number of ether oxygens (including phenoxy) is 2. The average Bonchev–Trinajstić information content (AvgIpc) is 3.54. The average molecular weight is 486 g/mol. The topological polar surface area (TPSA) is 60.6 Å². The van der Waals surface area contributed by atoms with E-state index in [1.54, 1.807) is 12.1 Å². The van der Waals surface area contributed by atoms with Crippen LogP contribution in [-0.2, 0) is 11.3 Å². The van der Waals surface area contributed by atoms with Gasteiger partial charge in [-0.2, -0.15) is 0 Å². The van der Waals surface area contributed by atoms with E-state index in [0.29, 0.717) is 17.8 Å². The number of alkyl halides is 3. The van der Waals surface area contributed by atoms with Crippen LogP contribution in [0.15, 0.2) is 53.2 Å². The molecule has 9 heteroatoms. The van der Waals surface area contributed by atoms with Gasteiger partial charge in [-0.25, -0.2) is 4.98 Å². The maximum Gasteiger partial charge on any atom is 0.573 e. The standard InChI is InChI=1S/C26H26F3N3O3/c27-26(28,29)34-22-6-2-1-5-20(22)24-21(25(35-31-24)16-8-9-16)15-33-19-13-17-10-11-18(14-19)32(17)23-7-3-4-12-30-23/h1-7,12,16-19H,8-11,13-15H2. The van der Waals surface area contributed by atoms with Gasteiger partial charge in [-0.3, -0.25) is 0 Å². The Morgan fingerprint density at radius 1 is 0.971 bits per heavy atom. The summed E-state index contributed by atoms with van der Waals surface area (Å²) in [5, 5.41) is 4.18. The fraction of sp³-hybridized carbons (Fsp3) is 0.462. The number of nitrogens with zero attached hydrogens (tertiary/aromatic N) is 3. The van der Waals surface area contributed by atoms with Crippen molar-refractivity contribution in [2.24, 2.45) is 0 Å². The zero-order valence-corrected chi connectivity index (χ0v) is 19.1. The predicted molar refractivity (Wildman–Crippen MR) is 122 cm³/mol. The second-order valence-corrected chi connectivity index (χ2v) is 9.58. The second-order valence-electron chi connectivity index (χ2n) is 9.58. The maximum atomic E-state index is 13.0. The van der Waals surface area contributed by atoms with E-state index in [-0.39, 0.29) is 29.9 Å². The van der Waals surface area contributed by atoms with Gasteiger partial charge in [-0.05, 0) is 62.8 Å². The first-order chi connectivity index (χ1) is 17.0. The minimum Gasteiger partial charge on any atom is -0.405 e. The molecule has 0 radical (unpaired) electrons. The molecule has 6 nitrogen and oxygen atoms in total. The van der Waals surface area contributed by atoms with Crippen LogP contribution < -0.4 is 9.64 Å². The summed E-state index contributed by atoms with van der Waals surface area (Å²) in [6.45, 7) is 0.249. The molecule has 3 aromatic rings. The molecule has 0 spiro atoms. The summed E-state index contributed by atoms with van der Waals surface area (Å²) in [5.74, 6) is 1.68. The lowest BCUT2D eigenvalue weighted by Crippen LogP contribution is -2.45. The van der Waals surface area contributed by atoms with Gasteiger partial charge < -0.3 is 18.9 Å². The van der Waals surface area contributed by atoms with Crippen LogP contribution in [0.1, 0.15) is 55.8 Å². The molecule has 2 unspecified atom stereocenters. The molecule has 2 bridgehead atoms. The van der Waals surface area contributed by atoms with Crippen molar-refractivity contribution in [3.63, 3.8) is 0 Å². The highest BCUT2D eigenvalue weighted by Crippen LogP contribution is 2.46. The van der Waals surface area contributed by atoms with Crippen LogP contribution in [0, 0.1) is 0 Å². The number of rotatable bonds is 7. The van der Waals surface area contributed by atoms with Gasteiger partial charge in [0, 0.05) is 35.3 Å². The Hall–Kier alpha value is -3.07. The van der Waals surface area contributed by atoms with E-state index in [0.717, 1.165) is 55.7 Å². The molecular weight excluding hydrogens is 459 g/mol. The molecule has 0 N–H and O–H groups in total. The Morgan fingerprint density at radius 2 is 1.71 bits per heavy atom. The van der Waals surface area contributed by atoms with Gasteiger partial charge in [0.1, 0.15) is 23.0 Å². The highest BCUT2D eigenvalue weighted by Gasteiger charge is 2.42. The van der Waals surface area contributed by atoms with Gasteiger partial charge in [0.05, 0.1) is 12.7 Å². The molecule has 35 heavy (non-hydrogen) atoms. The van der Waals surface area contributed by atoms with E-state index >= 15 is 0 Å². The first-order valence-corrected chi connectivity index (χ1v) is 12.1. The van der Waals surface area contributed by atoms with Crippen LogP contribution in [0.2, 0.25) is 0 Å². The largest absolute Gasteiger partial charge is 0.573 e. The lowest BCUT2D eigenvalue weighted by Gasteiger charge is -2.39. The third-order valence-electron chi connectivity index (χ3n) is 7.20. The summed E-state index contributed by atoms with van der Waals surface area (Å²) in [4.78, 5) is 6.97. The quantitative estimate of drug-likeness (QED) is 0.395. The summed E-state index contributed by atoms with van der Waals surface area (Å²) >= 11 is 0. The van der Waals surface area contributed by atoms with Crippen molar-refractivity contribution >= 4 is 5.82 Å². The third-order valence-corrected chi connectivity index (χ3v) is 7.20. The fourth-order valence-electron chi connectivity index (χ4n) is 5.56. The van der Waals surface area contributed by atoms with Gasteiger partial charge in [-0.15, -0.1) is 13.2 Å².